The van der Waals surface area contributed by atoms with Crippen LogP contribution in [0.4, 0.5) is 0 Å². The number of benzene rings is 2. The van der Waals surface area contributed by atoms with Crippen molar-refractivity contribution in [3.05, 3.63) is 48.5 Å². The SMILES string of the molecule is COc1ccc(-c2cc3c(O)cccc3o2)cc1. The van der Waals surface area contributed by atoms with Crippen LogP contribution in [0.5, 0.6) is 11.5 Å². The number of rotatable bonds is 2. The molecule has 0 fully saturated rings. The van der Waals surface area contributed by atoms with E-state index in [0.29, 0.717) is 5.58 Å². The van der Waals surface area contributed by atoms with E-state index in [0.717, 1.165) is 22.5 Å². The Morgan fingerprint density at radius 2 is 1.83 bits per heavy atom. The molecule has 3 aromatic rings. The molecule has 0 saturated carbocycles. The van der Waals surface area contributed by atoms with Gasteiger partial charge in [0, 0.05) is 5.56 Å². The predicted molar refractivity (Wildman–Crippen MR) is 69.9 cm³/mol. The van der Waals surface area contributed by atoms with Gasteiger partial charge in [0.05, 0.1) is 12.5 Å². The molecule has 1 heterocycles. The van der Waals surface area contributed by atoms with Gasteiger partial charge in [0.1, 0.15) is 22.8 Å². The maximum absolute atomic E-state index is 9.73. The lowest BCUT2D eigenvalue weighted by atomic mass is 10.1. The van der Waals surface area contributed by atoms with Crippen LogP contribution < -0.4 is 4.74 Å². The van der Waals surface area contributed by atoms with Gasteiger partial charge in [0.25, 0.3) is 0 Å². The molecule has 1 N–H and O–H groups in total. The molecule has 3 heteroatoms. The third-order valence-electron chi connectivity index (χ3n) is 2.91. The number of hydrogen-bond acceptors (Lipinski definition) is 3. The standard InChI is InChI=1S/C15H12O3/c1-17-11-7-5-10(6-8-11)15-9-12-13(16)3-2-4-14(12)18-15/h2-9,16H,1H3. The fraction of sp³-hybridized carbons (Fsp3) is 0.0667. The van der Waals surface area contributed by atoms with E-state index in [1.807, 2.05) is 36.4 Å². The minimum absolute atomic E-state index is 0.232. The Morgan fingerprint density at radius 1 is 1.06 bits per heavy atom. The molecule has 0 aliphatic heterocycles. The van der Waals surface area contributed by atoms with Crippen molar-refractivity contribution in [3.63, 3.8) is 0 Å². The molecule has 0 amide bonds. The van der Waals surface area contributed by atoms with Crippen LogP contribution in [0.3, 0.4) is 0 Å². The maximum Gasteiger partial charge on any atom is 0.138 e. The Labute approximate surface area is 104 Å². The summed E-state index contributed by atoms with van der Waals surface area (Å²) in [6.45, 7) is 0. The number of ether oxygens (including phenoxy) is 1. The van der Waals surface area contributed by atoms with Gasteiger partial charge in [-0.15, -0.1) is 0 Å². The van der Waals surface area contributed by atoms with Gasteiger partial charge in [-0.1, -0.05) is 6.07 Å². The number of methoxy groups -OCH3 is 1. The van der Waals surface area contributed by atoms with E-state index in [-0.39, 0.29) is 5.75 Å². The van der Waals surface area contributed by atoms with Crippen LogP contribution in [0.2, 0.25) is 0 Å². The molecule has 0 radical (unpaired) electrons. The van der Waals surface area contributed by atoms with Crippen LogP contribution in [-0.2, 0) is 0 Å². The smallest absolute Gasteiger partial charge is 0.138 e. The molecule has 0 atom stereocenters. The van der Waals surface area contributed by atoms with E-state index in [2.05, 4.69) is 0 Å². The van der Waals surface area contributed by atoms with Crippen molar-refractivity contribution in [2.45, 2.75) is 0 Å². The topological polar surface area (TPSA) is 42.6 Å². The monoisotopic (exact) mass is 240 g/mol. The van der Waals surface area contributed by atoms with Gasteiger partial charge in [-0.2, -0.15) is 0 Å². The third-order valence-corrected chi connectivity index (χ3v) is 2.91. The molecule has 0 aliphatic carbocycles. The van der Waals surface area contributed by atoms with Gasteiger partial charge < -0.3 is 14.3 Å². The number of fused-ring (bicyclic) bond motifs is 1. The zero-order valence-electron chi connectivity index (χ0n) is 9.88. The normalized spacial score (nSPS) is 10.7. The summed E-state index contributed by atoms with van der Waals surface area (Å²) in [6, 6.07) is 14.7. The second-order valence-corrected chi connectivity index (χ2v) is 4.03. The molecule has 0 aliphatic rings. The Hall–Kier alpha value is -2.42. The Bertz CT molecular complexity index is 681. The van der Waals surface area contributed by atoms with Gasteiger partial charge in [0.2, 0.25) is 0 Å². The summed E-state index contributed by atoms with van der Waals surface area (Å²) in [4.78, 5) is 0. The molecule has 90 valence electrons. The molecule has 0 unspecified atom stereocenters. The summed E-state index contributed by atoms with van der Waals surface area (Å²) in [6.07, 6.45) is 0. The summed E-state index contributed by atoms with van der Waals surface area (Å²) >= 11 is 0. The van der Waals surface area contributed by atoms with Crippen molar-refractivity contribution in [2.24, 2.45) is 0 Å². The minimum Gasteiger partial charge on any atom is -0.507 e. The number of hydrogen-bond donors (Lipinski definition) is 1. The molecule has 2 aromatic carbocycles. The molecule has 1 aromatic heterocycles. The quantitative estimate of drug-likeness (QED) is 0.740. The van der Waals surface area contributed by atoms with E-state index in [9.17, 15) is 5.11 Å². The number of furan rings is 1. The van der Waals surface area contributed by atoms with Crippen molar-refractivity contribution >= 4 is 11.0 Å². The van der Waals surface area contributed by atoms with Crippen LogP contribution >= 0.6 is 0 Å². The predicted octanol–water partition coefficient (Wildman–Crippen LogP) is 3.81. The van der Waals surface area contributed by atoms with Crippen LogP contribution in [0.15, 0.2) is 52.9 Å². The van der Waals surface area contributed by atoms with Crippen molar-refractivity contribution < 1.29 is 14.3 Å². The van der Waals surface area contributed by atoms with Crippen LogP contribution in [-0.4, -0.2) is 12.2 Å². The molecular formula is C15H12O3. The highest BCUT2D eigenvalue weighted by molar-refractivity contribution is 5.87. The zero-order valence-corrected chi connectivity index (χ0v) is 9.88. The first-order chi connectivity index (χ1) is 8.78. The summed E-state index contributed by atoms with van der Waals surface area (Å²) in [5, 5.41) is 10.5. The molecule has 3 nitrogen and oxygen atoms in total. The number of aromatic hydroxyl groups is 1. The molecule has 0 bridgehead atoms. The van der Waals surface area contributed by atoms with Crippen molar-refractivity contribution in [1.82, 2.24) is 0 Å². The van der Waals surface area contributed by atoms with E-state index in [4.69, 9.17) is 9.15 Å². The summed E-state index contributed by atoms with van der Waals surface area (Å²) < 4.78 is 10.8. The molecule has 18 heavy (non-hydrogen) atoms. The fourth-order valence-electron chi connectivity index (χ4n) is 1.94. The lowest BCUT2D eigenvalue weighted by Crippen LogP contribution is -1.81. The first-order valence-corrected chi connectivity index (χ1v) is 5.64. The summed E-state index contributed by atoms with van der Waals surface area (Å²) in [5.74, 6) is 1.77. The lowest BCUT2D eigenvalue weighted by molar-refractivity contribution is 0.415. The van der Waals surface area contributed by atoms with Gasteiger partial charge in [0.15, 0.2) is 0 Å². The van der Waals surface area contributed by atoms with E-state index in [1.54, 1.807) is 19.2 Å². The Balaban J connectivity index is 2.10. The van der Waals surface area contributed by atoms with Gasteiger partial charge in [-0.05, 0) is 42.5 Å². The van der Waals surface area contributed by atoms with Crippen LogP contribution in [0, 0.1) is 0 Å². The van der Waals surface area contributed by atoms with Gasteiger partial charge in [-0.3, -0.25) is 0 Å². The average Bonchev–Trinajstić information content (AvgIpc) is 2.84. The molecule has 3 rings (SSSR count). The molecule has 0 saturated heterocycles. The second-order valence-electron chi connectivity index (χ2n) is 4.03. The highest BCUT2D eigenvalue weighted by Gasteiger charge is 2.08. The number of phenols is 1. The average molecular weight is 240 g/mol. The van der Waals surface area contributed by atoms with Crippen molar-refractivity contribution in [1.29, 1.82) is 0 Å². The van der Waals surface area contributed by atoms with Crippen molar-refractivity contribution in [3.8, 4) is 22.8 Å². The first kappa shape index (κ1) is 10.7. The second kappa shape index (κ2) is 4.11. The lowest BCUT2D eigenvalue weighted by Gasteiger charge is -2.00. The molecular weight excluding hydrogens is 228 g/mol. The number of phenolic OH excluding ortho intramolecular Hbond substituents is 1. The van der Waals surface area contributed by atoms with E-state index in [1.165, 1.54) is 0 Å². The summed E-state index contributed by atoms with van der Waals surface area (Å²) in [7, 11) is 1.63. The largest absolute Gasteiger partial charge is 0.507 e. The first-order valence-electron chi connectivity index (χ1n) is 5.64. The Kier molecular flexibility index (Phi) is 2.45. The van der Waals surface area contributed by atoms with Gasteiger partial charge in [-0.25, -0.2) is 0 Å². The van der Waals surface area contributed by atoms with Gasteiger partial charge >= 0.3 is 0 Å². The maximum atomic E-state index is 9.73. The van der Waals surface area contributed by atoms with Crippen LogP contribution in [0.25, 0.3) is 22.3 Å². The third kappa shape index (κ3) is 1.70. The molecule has 0 spiro atoms. The Morgan fingerprint density at radius 3 is 2.50 bits per heavy atom. The van der Waals surface area contributed by atoms with Crippen molar-refractivity contribution in [2.75, 3.05) is 7.11 Å². The van der Waals surface area contributed by atoms with E-state index < -0.39 is 0 Å². The van der Waals surface area contributed by atoms with Crippen LogP contribution in [0.1, 0.15) is 0 Å². The minimum atomic E-state index is 0.232. The highest BCUT2D eigenvalue weighted by atomic mass is 16.5. The highest BCUT2D eigenvalue weighted by Crippen LogP contribution is 2.33. The fourth-order valence-corrected chi connectivity index (χ4v) is 1.94. The van der Waals surface area contributed by atoms with E-state index >= 15 is 0 Å². The summed E-state index contributed by atoms with van der Waals surface area (Å²) in [5.41, 5.74) is 1.63. The zero-order chi connectivity index (χ0) is 12.5.